The first-order chi connectivity index (χ1) is 10.6. The number of carbonyl (C=O) groups is 1. The SMILES string of the molecule is CC(C)Cc1ccc(C(=O)NCc2nnc3n2CCOC3)s1. The van der Waals surface area contributed by atoms with Crippen molar-refractivity contribution < 1.29 is 9.53 Å². The molecule has 1 N–H and O–H groups in total. The Morgan fingerprint density at radius 3 is 3.14 bits per heavy atom. The summed E-state index contributed by atoms with van der Waals surface area (Å²) in [5.74, 6) is 2.15. The van der Waals surface area contributed by atoms with E-state index >= 15 is 0 Å². The van der Waals surface area contributed by atoms with Gasteiger partial charge in [0.25, 0.3) is 5.91 Å². The highest BCUT2D eigenvalue weighted by molar-refractivity contribution is 7.14. The molecule has 1 aliphatic rings. The number of ether oxygens (including phenoxy) is 1. The fourth-order valence-corrected chi connectivity index (χ4v) is 3.58. The van der Waals surface area contributed by atoms with E-state index in [9.17, 15) is 4.79 Å². The van der Waals surface area contributed by atoms with Crippen LogP contribution in [0.1, 0.15) is 40.0 Å². The lowest BCUT2D eigenvalue weighted by molar-refractivity contribution is 0.0802. The van der Waals surface area contributed by atoms with Gasteiger partial charge < -0.3 is 14.6 Å². The molecule has 2 aromatic rings. The molecule has 118 valence electrons. The lowest BCUT2D eigenvalue weighted by Gasteiger charge is -2.15. The highest BCUT2D eigenvalue weighted by Crippen LogP contribution is 2.20. The highest BCUT2D eigenvalue weighted by atomic mass is 32.1. The second-order valence-electron chi connectivity index (χ2n) is 5.78. The number of hydrogen-bond donors (Lipinski definition) is 1. The van der Waals surface area contributed by atoms with Crippen molar-refractivity contribution >= 4 is 17.2 Å². The van der Waals surface area contributed by atoms with E-state index in [2.05, 4.69) is 29.4 Å². The summed E-state index contributed by atoms with van der Waals surface area (Å²) in [6.07, 6.45) is 1.01. The molecule has 3 rings (SSSR count). The van der Waals surface area contributed by atoms with Crippen molar-refractivity contribution in [3.05, 3.63) is 33.5 Å². The molecule has 0 fully saturated rings. The number of nitrogens with one attached hydrogen (secondary N) is 1. The average Bonchev–Trinajstić information content (AvgIpc) is 3.11. The van der Waals surface area contributed by atoms with Crippen molar-refractivity contribution in [2.24, 2.45) is 5.92 Å². The van der Waals surface area contributed by atoms with Crippen LogP contribution in [0.4, 0.5) is 0 Å². The molecule has 0 saturated carbocycles. The first kappa shape index (κ1) is 15.2. The molecule has 0 aromatic carbocycles. The number of carbonyl (C=O) groups excluding carboxylic acids is 1. The molecule has 3 heterocycles. The van der Waals surface area contributed by atoms with E-state index in [1.807, 2.05) is 16.7 Å². The lowest BCUT2D eigenvalue weighted by atomic mass is 10.1. The zero-order valence-electron chi connectivity index (χ0n) is 12.8. The van der Waals surface area contributed by atoms with Gasteiger partial charge in [-0.25, -0.2) is 0 Å². The third-order valence-electron chi connectivity index (χ3n) is 3.50. The predicted molar refractivity (Wildman–Crippen MR) is 83.7 cm³/mol. The van der Waals surface area contributed by atoms with Crippen molar-refractivity contribution in [3.63, 3.8) is 0 Å². The predicted octanol–water partition coefficient (Wildman–Crippen LogP) is 2.00. The molecule has 0 unspecified atom stereocenters. The summed E-state index contributed by atoms with van der Waals surface area (Å²) in [5.41, 5.74) is 0. The van der Waals surface area contributed by atoms with Gasteiger partial charge in [0.1, 0.15) is 6.61 Å². The van der Waals surface area contributed by atoms with E-state index in [0.717, 1.165) is 29.5 Å². The molecule has 2 aromatic heterocycles. The van der Waals surface area contributed by atoms with E-state index in [-0.39, 0.29) is 5.91 Å². The minimum Gasteiger partial charge on any atom is -0.372 e. The zero-order chi connectivity index (χ0) is 15.5. The fraction of sp³-hybridized carbons (Fsp3) is 0.533. The number of thiophene rings is 1. The van der Waals surface area contributed by atoms with Crippen LogP contribution >= 0.6 is 11.3 Å². The maximum absolute atomic E-state index is 12.2. The number of nitrogens with zero attached hydrogens (tertiary/aromatic N) is 3. The smallest absolute Gasteiger partial charge is 0.261 e. The van der Waals surface area contributed by atoms with Crippen molar-refractivity contribution in [2.45, 2.75) is 40.0 Å². The monoisotopic (exact) mass is 320 g/mol. The molecule has 0 saturated heterocycles. The second kappa shape index (κ2) is 6.58. The molecule has 6 nitrogen and oxygen atoms in total. The van der Waals surface area contributed by atoms with Gasteiger partial charge in [0.2, 0.25) is 0 Å². The van der Waals surface area contributed by atoms with E-state index in [1.165, 1.54) is 4.88 Å². The Morgan fingerprint density at radius 2 is 2.32 bits per heavy atom. The minimum absolute atomic E-state index is 0.0515. The van der Waals surface area contributed by atoms with Crippen LogP contribution in [0.15, 0.2) is 12.1 Å². The topological polar surface area (TPSA) is 69.0 Å². The van der Waals surface area contributed by atoms with E-state index in [4.69, 9.17) is 4.74 Å². The molecule has 0 radical (unpaired) electrons. The second-order valence-corrected chi connectivity index (χ2v) is 6.95. The van der Waals surface area contributed by atoms with Crippen molar-refractivity contribution in [2.75, 3.05) is 6.61 Å². The summed E-state index contributed by atoms with van der Waals surface area (Å²) in [7, 11) is 0. The van der Waals surface area contributed by atoms with Gasteiger partial charge in [-0.05, 0) is 24.5 Å². The van der Waals surface area contributed by atoms with E-state index in [1.54, 1.807) is 11.3 Å². The molecular weight excluding hydrogens is 300 g/mol. The summed E-state index contributed by atoms with van der Waals surface area (Å²) in [6, 6.07) is 3.93. The third kappa shape index (κ3) is 3.36. The molecule has 1 aliphatic heterocycles. The zero-order valence-corrected chi connectivity index (χ0v) is 13.7. The highest BCUT2D eigenvalue weighted by Gasteiger charge is 2.17. The maximum atomic E-state index is 12.2. The van der Waals surface area contributed by atoms with Gasteiger partial charge in [0, 0.05) is 11.4 Å². The molecule has 22 heavy (non-hydrogen) atoms. The van der Waals surface area contributed by atoms with Crippen molar-refractivity contribution in [1.29, 1.82) is 0 Å². The summed E-state index contributed by atoms with van der Waals surface area (Å²) >= 11 is 1.56. The van der Waals surface area contributed by atoms with E-state index < -0.39 is 0 Å². The molecule has 0 atom stereocenters. The van der Waals surface area contributed by atoms with Crippen LogP contribution in [0.3, 0.4) is 0 Å². The average molecular weight is 320 g/mol. The quantitative estimate of drug-likeness (QED) is 0.915. The standard InChI is InChI=1S/C15H20N4O2S/c1-10(2)7-11-3-4-12(22-11)15(20)16-8-13-17-18-14-9-21-6-5-19(13)14/h3-4,10H,5-9H2,1-2H3,(H,16,20). The molecule has 0 spiro atoms. The van der Waals surface area contributed by atoms with Gasteiger partial charge in [0.15, 0.2) is 11.6 Å². The van der Waals surface area contributed by atoms with Crippen molar-refractivity contribution in [3.8, 4) is 0 Å². The summed E-state index contributed by atoms with van der Waals surface area (Å²) in [6.45, 7) is 6.64. The number of aromatic nitrogens is 3. The van der Waals surface area contributed by atoms with Gasteiger partial charge in [-0.15, -0.1) is 21.5 Å². The minimum atomic E-state index is -0.0515. The van der Waals surface area contributed by atoms with Crippen molar-refractivity contribution in [1.82, 2.24) is 20.1 Å². The van der Waals surface area contributed by atoms with Gasteiger partial charge >= 0.3 is 0 Å². The van der Waals surface area contributed by atoms with Gasteiger partial charge in [-0.3, -0.25) is 4.79 Å². The van der Waals surface area contributed by atoms with Gasteiger partial charge in [0.05, 0.1) is 18.0 Å². The molecule has 1 amide bonds. The maximum Gasteiger partial charge on any atom is 0.261 e. The van der Waals surface area contributed by atoms with Gasteiger partial charge in [-0.1, -0.05) is 13.8 Å². The largest absolute Gasteiger partial charge is 0.372 e. The summed E-state index contributed by atoms with van der Waals surface area (Å²) < 4.78 is 7.35. The Kier molecular flexibility index (Phi) is 4.54. The number of rotatable bonds is 5. The van der Waals surface area contributed by atoms with Crippen LogP contribution in [0.25, 0.3) is 0 Å². The molecule has 0 bridgehead atoms. The van der Waals surface area contributed by atoms with Crippen LogP contribution < -0.4 is 5.32 Å². The van der Waals surface area contributed by atoms with Crippen LogP contribution in [0.5, 0.6) is 0 Å². The van der Waals surface area contributed by atoms with Crippen LogP contribution in [0, 0.1) is 5.92 Å². The molecule has 0 aliphatic carbocycles. The Labute approximate surface area is 133 Å². The molecule has 7 heteroatoms. The Hall–Kier alpha value is -1.73. The number of fused-ring (bicyclic) bond motifs is 1. The Balaban J connectivity index is 1.60. The first-order valence-corrected chi connectivity index (χ1v) is 8.30. The van der Waals surface area contributed by atoms with Gasteiger partial charge in [-0.2, -0.15) is 0 Å². The van der Waals surface area contributed by atoms with E-state index in [0.29, 0.717) is 25.7 Å². The normalized spacial score (nSPS) is 14.1. The van der Waals surface area contributed by atoms with Crippen LogP contribution in [0.2, 0.25) is 0 Å². The first-order valence-electron chi connectivity index (χ1n) is 7.49. The lowest BCUT2D eigenvalue weighted by Crippen LogP contribution is -2.26. The summed E-state index contributed by atoms with van der Waals surface area (Å²) in [4.78, 5) is 14.2. The van der Waals surface area contributed by atoms with Crippen LogP contribution in [-0.4, -0.2) is 27.3 Å². The fourth-order valence-electron chi connectivity index (χ4n) is 2.45. The van der Waals surface area contributed by atoms with Crippen LogP contribution in [-0.2, 0) is 30.9 Å². The molecular formula is C15H20N4O2S. The third-order valence-corrected chi connectivity index (χ3v) is 4.60. The summed E-state index contributed by atoms with van der Waals surface area (Å²) in [5, 5.41) is 11.1. The number of amides is 1. The number of hydrogen-bond acceptors (Lipinski definition) is 5. The Bertz CT molecular complexity index is 662. The Morgan fingerprint density at radius 1 is 1.45 bits per heavy atom.